The molecule has 0 spiro atoms. The summed E-state index contributed by atoms with van der Waals surface area (Å²) in [6.07, 6.45) is 5.31. The number of rotatable bonds is 8. The van der Waals surface area contributed by atoms with E-state index < -0.39 is 10.0 Å². The summed E-state index contributed by atoms with van der Waals surface area (Å²) in [5.74, 6) is -0.342. The molecule has 1 unspecified atom stereocenters. The highest BCUT2D eigenvalue weighted by Crippen LogP contribution is 2.28. The molecule has 5 nitrogen and oxygen atoms in total. The van der Waals surface area contributed by atoms with Gasteiger partial charge in [0.2, 0.25) is 5.91 Å². The average Bonchev–Trinajstić information content (AvgIpc) is 2.85. The molecule has 7 heteroatoms. The normalized spacial score (nSPS) is 14.1. The van der Waals surface area contributed by atoms with Crippen LogP contribution in [0, 0.1) is 6.92 Å². The Balaban J connectivity index is 1.60. The molecule has 35 heavy (non-hydrogen) atoms. The van der Waals surface area contributed by atoms with E-state index in [0.717, 1.165) is 28.4 Å². The minimum absolute atomic E-state index is 0.151. The lowest BCUT2D eigenvalue weighted by atomic mass is 9.89. The van der Waals surface area contributed by atoms with Gasteiger partial charge >= 0.3 is 0 Å². The number of benzene rings is 3. The van der Waals surface area contributed by atoms with Gasteiger partial charge in [0, 0.05) is 4.47 Å². The van der Waals surface area contributed by atoms with Gasteiger partial charge in [-0.1, -0.05) is 64.8 Å². The molecule has 0 bridgehead atoms. The minimum Gasteiger partial charge on any atom is -0.348 e. The number of sulfonamides is 1. The van der Waals surface area contributed by atoms with Gasteiger partial charge in [-0.25, -0.2) is 8.42 Å². The van der Waals surface area contributed by atoms with Gasteiger partial charge in [0.25, 0.3) is 10.0 Å². The molecule has 184 valence electrons. The predicted molar refractivity (Wildman–Crippen MR) is 144 cm³/mol. The van der Waals surface area contributed by atoms with Gasteiger partial charge in [-0.15, -0.1) is 0 Å². The molecule has 3 aromatic carbocycles. The zero-order chi connectivity index (χ0) is 25.0. The molecule has 4 rings (SSSR count). The lowest BCUT2D eigenvalue weighted by Gasteiger charge is -2.26. The highest BCUT2D eigenvalue weighted by atomic mass is 79.9. The summed E-state index contributed by atoms with van der Waals surface area (Å²) in [4.78, 5) is 13.4. The van der Waals surface area contributed by atoms with E-state index in [9.17, 15) is 13.2 Å². The molecule has 0 aliphatic heterocycles. The Kier molecular flexibility index (Phi) is 7.97. The first-order valence-electron chi connectivity index (χ1n) is 12.0. The number of aryl methyl sites for hydroxylation is 3. The largest absolute Gasteiger partial charge is 0.348 e. The highest BCUT2D eigenvalue weighted by molar-refractivity contribution is 9.10. The van der Waals surface area contributed by atoms with Crippen LogP contribution in [0.4, 0.5) is 5.69 Å². The van der Waals surface area contributed by atoms with Gasteiger partial charge in [-0.2, -0.15) is 0 Å². The molecule has 0 saturated heterocycles. The number of carbonyl (C=O) groups is 1. The molecule has 1 atom stereocenters. The van der Waals surface area contributed by atoms with E-state index in [1.807, 2.05) is 19.9 Å². The van der Waals surface area contributed by atoms with E-state index in [-0.39, 0.29) is 23.4 Å². The number of hydrogen-bond donors (Lipinski definition) is 1. The van der Waals surface area contributed by atoms with E-state index in [4.69, 9.17) is 0 Å². The van der Waals surface area contributed by atoms with Crippen molar-refractivity contribution >= 4 is 37.5 Å². The van der Waals surface area contributed by atoms with E-state index in [1.165, 1.54) is 28.3 Å². The van der Waals surface area contributed by atoms with E-state index in [0.29, 0.717) is 12.1 Å². The van der Waals surface area contributed by atoms with Gasteiger partial charge in [0.1, 0.15) is 6.54 Å². The second-order valence-corrected chi connectivity index (χ2v) is 11.8. The Morgan fingerprint density at radius 2 is 1.71 bits per heavy atom. The van der Waals surface area contributed by atoms with Crippen molar-refractivity contribution in [3.8, 4) is 0 Å². The standard InChI is InChI=1S/C28H31BrN2O3S/c1-3-27(23-14-13-21-7-4-5-8-22(21)17-23)30-28(32)19-31(25-10-6-9-24(29)18-25)35(33,34)26-15-11-20(2)12-16-26/h6,9-18,27H,3-5,7-8,19H2,1-2H3,(H,30,32). The van der Waals surface area contributed by atoms with Crippen LogP contribution in [0.5, 0.6) is 0 Å². The second-order valence-electron chi connectivity index (χ2n) is 9.07. The maximum absolute atomic E-state index is 13.6. The summed E-state index contributed by atoms with van der Waals surface area (Å²) in [6.45, 7) is 3.62. The van der Waals surface area contributed by atoms with Crippen molar-refractivity contribution in [3.63, 3.8) is 0 Å². The number of fused-ring (bicyclic) bond motifs is 1. The number of amides is 1. The van der Waals surface area contributed by atoms with Crippen molar-refractivity contribution in [2.24, 2.45) is 0 Å². The first kappa shape index (κ1) is 25.5. The van der Waals surface area contributed by atoms with Gasteiger partial charge in [0.05, 0.1) is 16.6 Å². The third-order valence-corrected chi connectivity index (χ3v) is 8.79. The Bertz CT molecular complexity index is 1310. The highest BCUT2D eigenvalue weighted by Gasteiger charge is 2.28. The molecule has 0 saturated carbocycles. The first-order valence-corrected chi connectivity index (χ1v) is 14.3. The van der Waals surface area contributed by atoms with Crippen molar-refractivity contribution < 1.29 is 13.2 Å². The zero-order valence-corrected chi connectivity index (χ0v) is 22.5. The van der Waals surface area contributed by atoms with Crippen LogP contribution in [0.3, 0.4) is 0 Å². The number of nitrogens with zero attached hydrogens (tertiary/aromatic N) is 1. The lowest BCUT2D eigenvalue weighted by Crippen LogP contribution is -2.42. The molecule has 1 aliphatic carbocycles. The third-order valence-electron chi connectivity index (χ3n) is 6.51. The van der Waals surface area contributed by atoms with E-state index in [2.05, 4.69) is 39.4 Å². The summed E-state index contributed by atoms with van der Waals surface area (Å²) < 4.78 is 29.1. The molecule has 1 N–H and O–H groups in total. The van der Waals surface area contributed by atoms with E-state index >= 15 is 0 Å². The summed E-state index contributed by atoms with van der Waals surface area (Å²) in [6, 6.07) is 20.0. The molecule has 3 aromatic rings. The van der Waals surface area contributed by atoms with Gasteiger partial charge < -0.3 is 5.32 Å². The number of hydrogen-bond acceptors (Lipinski definition) is 3. The second kappa shape index (κ2) is 11.0. The summed E-state index contributed by atoms with van der Waals surface area (Å²) >= 11 is 3.42. The molecule has 0 aromatic heterocycles. The van der Waals surface area contributed by atoms with Crippen molar-refractivity contribution in [3.05, 3.63) is 93.5 Å². The Morgan fingerprint density at radius 3 is 2.40 bits per heavy atom. The Morgan fingerprint density at radius 1 is 1.00 bits per heavy atom. The third kappa shape index (κ3) is 5.96. The maximum atomic E-state index is 13.6. The van der Waals surface area contributed by atoms with Crippen molar-refractivity contribution in [2.45, 2.75) is 56.9 Å². The molecule has 0 heterocycles. The zero-order valence-electron chi connectivity index (χ0n) is 20.1. The molecule has 0 fully saturated rings. The molecule has 1 amide bonds. The fraction of sp³-hybridized carbons (Fsp3) is 0.321. The topological polar surface area (TPSA) is 66.5 Å². The maximum Gasteiger partial charge on any atom is 0.264 e. The predicted octanol–water partition coefficient (Wildman–Crippen LogP) is 6.10. The smallest absolute Gasteiger partial charge is 0.264 e. The summed E-state index contributed by atoms with van der Waals surface area (Å²) in [5.41, 5.74) is 5.21. The van der Waals surface area contributed by atoms with Crippen LogP contribution in [0.25, 0.3) is 0 Å². The molecular formula is C28H31BrN2O3S. The van der Waals surface area contributed by atoms with Crippen LogP contribution in [0.1, 0.15) is 54.5 Å². The van der Waals surface area contributed by atoms with Crippen molar-refractivity contribution in [1.29, 1.82) is 0 Å². The van der Waals surface area contributed by atoms with Crippen molar-refractivity contribution in [1.82, 2.24) is 5.32 Å². The van der Waals surface area contributed by atoms with Gasteiger partial charge in [-0.05, 0) is 86.1 Å². The number of halogens is 1. The minimum atomic E-state index is -3.95. The lowest BCUT2D eigenvalue weighted by molar-refractivity contribution is -0.120. The monoisotopic (exact) mass is 554 g/mol. The van der Waals surface area contributed by atoms with Crippen LogP contribution >= 0.6 is 15.9 Å². The Labute approximate surface area is 216 Å². The quantitative estimate of drug-likeness (QED) is 0.365. The summed E-state index contributed by atoms with van der Waals surface area (Å²) in [7, 11) is -3.95. The van der Waals surface area contributed by atoms with Gasteiger partial charge in [-0.3, -0.25) is 9.10 Å². The molecule has 1 aliphatic rings. The van der Waals surface area contributed by atoms with Crippen LogP contribution in [0.2, 0.25) is 0 Å². The van der Waals surface area contributed by atoms with Crippen molar-refractivity contribution in [2.75, 3.05) is 10.8 Å². The van der Waals surface area contributed by atoms with Crippen LogP contribution < -0.4 is 9.62 Å². The fourth-order valence-corrected chi connectivity index (χ4v) is 6.35. The molecule has 0 radical (unpaired) electrons. The number of nitrogens with one attached hydrogen (secondary N) is 1. The molecular weight excluding hydrogens is 524 g/mol. The average molecular weight is 556 g/mol. The fourth-order valence-electron chi connectivity index (χ4n) is 4.55. The Hall–Kier alpha value is -2.64. The number of anilines is 1. The van der Waals surface area contributed by atoms with Crippen LogP contribution in [-0.4, -0.2) is 20.9 Å². The van der Waals surface area contributed by atoms with Crippen LogP contribution in [-0.2, 0) is 27.7 Å². The summed E-state index contributed by atoms with van der Waals surface area (Å²) in [5, 5.41) is 3.08. The number of carbonyl (C=O) groups excluding carboxylic acids is 1. The SMILES string of the molecule is CCC(NC(=O)CN(c1cccc(Br)c1)S(=O)(=O)c1ccc(C)cc1)c1ccc2c(c1)CCCC2. The van der Waals surface area contributed by atoms with E-state index in [1.54, 1.807) is 42.5 Å². The first-order chi connectivity index (χ1) is 16.8. The van der Waals surface area contributed by atoms with Gasteiger partial charge in [0.15, 0.2) is 0 Å². The van der Waals surface area contributed by atoms with Crippen LogP contribution in [0.15, 0.2) is 76.1 Å².